The standard InChI is InChI=1S/C37H25NS/c1-4-16-28-24(12-1)25-13-2-5-17-29(25)37(28)30-18-6-3-14-26(30)27-15-11-21-33(36(27)37)38-31-19-7-9-22-34(31)39-35-23-10-8-20-32(35)38/h1-24,28H. The first-order chi connectivity index (χ1) is 19.4. The van der Waals surface area contributed by atoms with Crippen molar-refractivity contribution in [3.8, 4) is 11.1 Å². The molecule has 3 atom stereocenters. The Bertz CT molecular complexity index is 1840. The Morgan fingerprint density at radius 3 is 1.97 bits per heavy atom. The van der Waals surface area contributed by atoms with Crippen LogP contribution in [0.25, 0.3) is 11.1 Å². The van der Waals surface area contributed by atoms with Crippen molar-refractivity contribution < 1.29 is 0 Å². The molecule has 1 nitrogen and oxygen atoms in total. The summed E-state index contributed by atoms with van der Waals surface area (Å²) in [4.78, 5) is 5.12. The Kier molecular flexibility index (Phi) is 4.37. The lowest BCUT2D eigenvalue weighted by Crippen LogP contribution is -2.34. The number of para-hydroxylation sites is 2. The number of nitrogens with zero attached hydrogens (tertiary/aromatic N) is 1. The number of fused-ring (bicyclic) bond motifs is 12. The summed E-state index contributed by atoms with van der Waals surface area (Å²) in [6.07, 6.45) is 9.39. The topological polar surface area (TPSA) is 3.24 Å². The third-order valence-corrected chi connectivity index (χ3v) is 10.3. The van der Waals surface area contributed by atoms with Crippen LogP contribution in [-0.4, -0.2) is 0 Å². The minimum Gasteiger partial charge on any atom is -0.308 e. The van der Waals surface area contributed by atoms with Gasteiger partial charge in [-0.05, 0) is 63.7 Å². The normalized spacial score (nSPS) is 22.6. The van der Waals surface area contributed by atoms with Crippen LogP contribution in [0, 0.1) is 5.92 Å². The van der Waals surface area contributed by atoms with Crippen LogP contribution in [0.2, 0.25) is 0 Å². The molecule has 1 aliphatic heterocycles. The molecule has 5 aromatic carbocycles. The van der Waals surface area contributed by atoms with E-state index in [4.69, 9.17) is 0 Å². The van der Waals surface area contributed by atoms with Crippen LogP contribution < -0.4 is 4.90 Å². The average molecular weight is 516 g/mol. The largest absolute Gasteiger partial charge is 0.308 e. The van der Waals surface area contributed by atoms with E-state index in [1.54, 1.807) is 0 Å². The van der Waals surface area contributed by atoms with Crippen molar-refractivity contribution in [3.63, 3.8) is 0 Å². The first kappa shape index (κ1) is 21.6. The van der Waals surface area contributed by atoms with Gasteiger partial charge in [0.2, 0.25) is 0 Å². The Morgan fingerprint density at radius 2 is 1.15 bits per heavy atom. The minimum atomic E-state index is -0.264. The Labute approximate surface area is 233 Å². The van der Waals surface area contributed by atoms with Crippen LogP contribution in [0.3, 0.4) is 0 Å². The van der Waals surface area contributed by atoms with Crippen molar-refractivity contribution in [2.24, 2.45) is 5.92 Å². The van der Waals surface area contributed by atoms with Crippen LogP contribution >= 0.6 is 11.8 Å². The van der Waals surface area contributed by atoms with Gasteiger partial charge in [0.1, 0.15) is 0 Å². The van der Waals surface area contributed by atoms with Crippen LogP contribution in [0.4, 0.5) is 17.1 Å². The van der Waals surface area contributed by atoms with Crippen molar-refractivity contribution in [1.82, 2.24) is 0 Å². The highest BCUT2D eigenvalue weighted by Gasteiger charge is 2.58. The fourth-order valence-corrected chi connectivity index (χ4v) is 8.85. The summed E-state index contributed by atoms with van der Waals surface area (Å²) < 4.78 is 0. The molecule has 0 aromatic heterocycles. The van der Waals surface area contributed by atoms with Gasteiger partial charge in [-0.1, -0.05) is 121 Å². The number of allylic oxidation sites excluding steroid dienone is 4. The smallest absolute Gasteiger partial charge is 0.0601 e. The van der Waals surface area contributed by atoms with Crippen molar-refractivity contribution in [2.75, 3.05) is 4.90 Å². The minimum absolute atomic E-state index is 0.264. The highest BCUT2D eigenvalue weighted by molar-refractivity contribution is 7.99. The van der Waals surface area contributed by atoms with E-state index in [1.165, 1.54) is 60.2 Å². The van der Waals surface area contributed by atoms with Crippen LogP contribution in [-0.2, 0) is 5.41 Å². The molecule has 4 aliphatic rings. The number of hydrogen-bond donors (Lipinski definition) is 0. The molecule has 0 bridgehead atoms. The van der Waals surface area contributed by atoms with Gasteiger partial charge in [0.25, 0.3) is 0 Å². The van der Waals surface area contributed by atoms with Gasteiger partial charge in [0.15, 0.2) is 0 Å². The zero-order chi connectivity index (χ0) is 25.6. The summed E-state index contributed by atoms with van der Waals surface area (Å²) in [7, 11) is 0. The first-order valence-electron chi connectivity index (χ1n) is 13.7. The molecular weight excluding hydrogens is 490 g/mol. The molecule has 5 aromatic rings. The Balaban J connectivity index is 1.43. The molecule has 3 unspecified atom stereocenters. The van der Waals surface area contributed by atoms with E-state index in [2.05, 4.69) is 144 Å². The number of rotatable bonds is 1. The second kappa shape index (κ2) is 7.88. The SMILES string of the molecule is C1=CC2c3ccccc3C3(c4ccccc4-c4cccc(N5c6ccccc6Sc6ccccc65)c43)C2C=C1. The molecule has 0 amide bonds. The highest BCUT2D eigenvalue weighted by atomic mass is 32.2. The maximum absolute atomic E-state index is 2.53. The van der Waals surface area contributed by atoms with E-state index in [1.807, 2.05) is 11.8 Å². The molecule has 2 heteroatoms. The van der Waals surface area contributed by atoms with Gasteiger partial charge in [-0.25, -0.2) is 0 Å². The summed E-state index contributed by atoms with van der Waals surface area (Å²) >= 11 is 1.87. The molecule has 0 N–H and O–H groups in total. The molecule has 3 aliphatic carbocycles. The fourth-order valence-electron chi connectivity index (χ4n) is 7.80. The average Bonchev–Trinajstić information content (AvgIpc) is 3.47. The second-order valence-electron chi connectivity index (χ2n) is 10.8. The molecule has 1 spiro atoms. The second-order valence-corrected chi connectivity index (χ2v) is 11.9. The van der Waals surface area contributed by atoms with E-state index in [-0.39, 0.29) is 5.41 Å². The van der Waals surface area contributed by atoms with Gasteiger partial charge < -0.3 is 4.90 Å². The predicted molar refractivity (Wildman–Crippen MR) is 162 cm³/mol. The predicted octanol–water partition coefficient (Wildman–Crippen LogP) is 9.78. The van der Waals surface area contributed by atoms with E-state index in [9.17, 15) is 0 Å². The zero-order valence-electron chi connectivity index (χ0n) is 21.3. The molecule has 0 radical (unpaired) electrons. The monoisotopic (exact) mass is 515 g/mol. The zero-order valence-corrected chi connectivity index (χ0v) is 22.1. The van der Waals surface area contributed by atoms with Crippen LogP contribution in [0.5, 0.6) is 0 Å². The van der Waals surface area contributed by atoms with Crippen LogP contribution in [0.1, 0.15) is 28.2 Å². The number of hydrogen-bond acceptors (Lipinski definition) is 2. The molecule has 184 valence electrons. The molecule has 39 heavy (non-hydrogen) atoms. The first-order valence-corrected chi connectivity index (χ1v) is 14.5. The van der Waals surface area contributed by atoms with Gasteiger partial charge >= 0.3 is 0 Å². The molecule has 0 fully saturated rings. The summed E-state index contributed by atoms with van der Waals surface area (Å²) in [5, 5.41) is 0. The summed E-state index contributed by atoms with van der Waals surface area (Å²) in [5.74, 6) is 0.669. The molecular formula is C37H25NS. The van der Waals surface area contributed by atoms with Gasteiger partial charge in [-0.2, -0.15) is 0 Å². The summed E-state index contributed by atoms with van der Waals surface area (Å²) in [6.45, 7) is 0. The van der Waals surface area contributed by atoms with Gasteiger partial charge in [-0.3, -0.25) is 0 Å². The molecule has 9 rings (SSSR count). The van der Waals surface area contributed by atoms with E-state index in [0.717, 1.165) is 0 Å². The number of benzene rings is 5. The third kappa shape index (κ3) is 2.67. The van der Waals surface area contributed by atoms with E-state index in [0.29, 0.717) is 11.8 Å². The van der Waals surface area contributed by atoms with E-state index < -0.39 is 0 Å². The lowest BCUT2D eigenvalue weighted by Gasteiger charge is -2.40. The van der Waals surface area contributed by atoms with Gasteiger partial charge in [0, 0.05) is 21.6 Å². The lowest BCUT2D eigenvalue weighted by atomic mass is 9.65. The summed E-state index contributed by atoms with van der Waals surface area (Å²) in [6, 6.07) is 43.0. The molecule has 0 saturated carbocycles. The van der Waals surface area contributed by atoms with Gasteiger partial charge in [-0.15, -0.1) is 0 Å². The van der Waals surface area contributed by atoms with Crippen molar-refractivity contribution >= 4 is 28.8 Å². The Morgan fingerprint density at radius 1 is 0.538 bits per heavy atom. The van der Waals surface area contributed by atoms with Crippen molar-refractivity contribution in [3.05, 3.63) is 162 Å². The van der Waals surface area contributed by atoms with Crippen LogP contribution in [0.15, 0.2) is 149 Å². The molecule has 0 saturated heterocycles. The number of anilines is 3. The maximum Gasteiger partial charge on any atom is 0.0601 e. The van der Waals surface area contributed by atoms with Crippen molar-refractivity contribution in [1.29, 1.82) is 0 Å². The van der Waals surface area contributed by atoms with Crippen molar-refractivity contribution in [2.45, 2.75) is 21.1 Å². The van der Waals surface area contributed by atoms with Gasteiger partial charge in [0.05, 0.1) is 22.5 Å². The maximum atomic E-state index is 2.53. The third-order valence-electron chi connectivity index (χ3n) is 9.13. The highest BCUT2D eigenvalue weighted by Crippen LogP contribution is 2.68. The summed E-state index contributed by atoms with van der Waals surface area (Å²) in [5.41, 5.74) is 12.0. The molecule has 1 heterocycles. The quantitative estimate of drug-likeness (QED) is 0.214. The lowest BCUT2D eigenvalue weighted by molar-refractivity contribution is 0.466. The van der Waals surface area contributed by atoms with E-state index >= 15 is 0 Å². The Hall–Kier alpha value is -4.27. The fraction of sp³-hybridized carbons (Fsp3) is 0.0811.